The molecule has 1 aliphatic heterocycles. The summed E-state index contributed by atoms with van der Waals surface area (Å²) >= 11 is 0. The summed E-state index contributed by atoms with van der Waals surface area (Å²) in [4.78, 5) is 0. The highest BCUT2D eigenvalue weighted by Crippen LogP contribution is 2.23. The van der Waals surface area contributed by atoms with E-state index < -0.39 is 10.2 Å². The molecule has 2 N–H and O–H groups in total. The Bertz CT molecular complexity index is 404. The second-order valence-corrected chi connectivity index (χ2v) is 8.83. The third-order valence-electron chi connectivity index (χ3n) is 4.31. The van der Waals surface area contributed by atoms with Crippen molar-refractivity contribution in [3.05, 3.63) is 0 Å². The number of nitrogens with one attached hydrogen (secondary N) is 2. The standard InChI is InChI=1S/C15H33N3O2S/c1-6-10-16-12-14-9-7-8-11-18(14)21(19,20)17-13(2)15(3,4)5/h13-14,16-17H,6-12H2,1-5H3. The highest BCUT2D eigenvalue weighted by molar-refractivity contribution is 7.87. The van der Waals surface area contributed by atoms with Gasteiger partial charge in [-0.25, -0.2) is 0 Å². The van der Waals surface area contributed by atoms with E-state index in [1.807, 2.05) is 6.92 Å². The van der Waals surface area contributed by atoms with Crippen LogP contribution in [0.1, 0.15) is 60.3 Å². The normalized spacial score (nSPS) is 23.2. The second kappa shape index (κ2) is 7.90. The molecule has 1 saturated heterocycles. The predicted octanol–water partition coefficient (Wildman–Crippen LogP) is 2.11. The second-order valence-electron chi connectivity index (χ2n) is 7.18. The van der Waals surface area contributed by atoms with Gasteiger partial charge in [-0.3, -0.25) is 0 Å². The summed E-state index contributed by atoms with van der Waals surface area (Å²) in [5, 5.41) is 3.36. The van der Waals surface area contributed by atoms with Crippen LogP contribution in [0.5, 0.6) is 0 Å². The number of rotatable bonds is 7. The first kappa shape index (κ1) is 18.9. The lowest BCUT2D eigenvalue weighted by Gasteiger charge is -2.37. The molecule has 0 amide bonds. The van der Waals surface area contributed by atoms with Crippen LogP contribution in [0.3, 0.4) is 0 Å². The van der Waals surface area contributed by atoms with Crippen LogP contribution in [-0.4, -0.2) is 44.4 Å². The Labute approximate surface area is 131 Å². The molecule has 0 aliphatic carbocycles. The van der Waals surface area contributed by atoms with Gasteiger partial charge in [0.25, 0.3) is 10.2 Å². The molecule has 0 bridgehead atoms. The van der Waals surface area contributed by atoms with Crippen molar-refractivity contribution < 1.29 is 8.42 Å². The first-order valence-electron chi connectivity index (χ1n) is 8.18. The number of piperidine rings is 1. The Balaban J connectivity index is 2.73. The molecule has 1 fully saturated rings. The SMILES string of the molecule is CCCNCC1CCCCN1S(=O)(=O)NC(C)C(C)(C)C. The molecule has 1 aliphatic rings. The summed E-state index contributed by atoms with van der Waals surface area (Å²) in [6.45, 7) is 12.5. The minimum Gasteiger partial charge on any atom is -0.315 e. The smallest absolute Gasteiger partial charge is 0.280 e. The quantitative estimate of drug-likeness (QED) is 0.707. The maximum Gasteiger partial charge on any atom is 0.280 e. The van der Waals surface area contributed by atoms with Crippen molar-refractivity contribution in [1.29, 1.82) is 0 Å². The van der Waals surface area contributed by atoms with Gasteiger partial charge in [-0.2, -0.15) is 17.4 Å². The van der Waals surface area contributed by atoms with Crippen molar-refractivity contribution in [2.45, 2.75) is 72.4 Å². The van der Waals surface area contributed by atoms with Gasteiger partial charge in [-0.15, -0.1) is 0 Å². The van der Waals surface area contributed by atoms with E-state index >= 15 is 0 Å². The molecule has 21 heavy (non-hydrogen) atoms. The van der Waals surface area contributed by atoms with E-state index in [1.165, 1.54) is 0 Å². The zero-order valence-electron chi connectivity index (χ0n) is 14.3. The Hall–Kier alpha value is -0.170. The number of hydrogen-bond acceptors (Lipinski definition) is 3. The molecule has 126 valence electrons. The van der Waals surface area contributed by atoms with Crippen LogP contribution in [0.2, 0.25) is 0 Å². The fourth-order valence-electron chi connectivity index (χ4n) is 2.41. The number of hydrogen-bond donors (Lipinski definition) is 2. The van der Waals surface area contributed by atoms with Crippen molar-refractivity contribution in [2.24, 2.45) is 5.41 Å². The summed E-state index contributed by atoms with van der Waals surface area (Å²) < 4.78 is 29.9. The van der Waals surface area contributed by atoms with Crippen molar-refractivity contribution in [3.8, 4) is 0 Å². The number of nitrogens with zero attached hydrogens (tertiary/aromatic N) is 1. The van der Waals surface area contributed by atoms with Crippen LogP contribution < -0.4 is 10.0 Å². The van der Waals surface area contributed by atoms with E-state index in [1.54, 1.807) is 4.31 Å². The van der Waals surface area contributed by atoms with Crippen LogP contribution in [0, 0.1) is 5.41 Å². The predicted molar refractivity (Wildman–Crippen MR) is 88.5 cm³/mol. The minimum absolute atomic E-state index is 0.0787. The Morgan fingerprint density at radius 1 is 1.29 bits per heavy atom. The zero-order chi connectivity index (χ0) is 16.1. The van der Waals surface area contributed by atoms with Gasteiger partial charge in [0.15, 0.2) is 0 Å². The third kappa shape index (κ3) is 5.85. The maximum atomic E-state index is 12.7. The summed E-state index contributed by atoms with van der Waals surface area (Å²) in [5.74, 6) is 0. The van der Waals surface area contributed by atoms with Crippen LogP contribution in [0.15, 0.2) is 0 Å². The van der Waals surface area contributed by atoms with Crippen molar-refractivity contribution in [1.82, 2.24) is 14.3 Å². The molecule has 1 rings (SSSR count). The molecule has 0 aromatic carbocycles. The van der Waals surface area contributed by atoms with Crippen molar-refractivity contribution in [3.63, 3.8) is 0 Å². The molecule has 0 aromatic rings. The molecule has 2 unspecified atom stereocenters. The lowest BCUT2D eigenvalue weighted by molar-refractivity contribution is 0.235. The van der Waals surface area contributed by atoms with E-state index in [0.29, 0.717) is 6.54 Å². The van der Waals surface area contributed by atoms with Crippen LogP contribution in [0.4, 0.5) is 0 Å². The van der Waals surface area contributed by atoms with E-state index in [4.69, 9.17) is 0 Å². The fourth-order valence-corrected chi connectivity index (χ4v) is 4.29. The van der Waals surface area contributed by atoms with Gasteiger partial charge >= 0.3 is 0 Å². The van der Waals surface area contributed by atoms with Crippen LogP contribution in [0.25, 0.3) is 0 Å². The molecule has 2 atom stereocenters. The first-order valence-corrected chi connectivity index (χ1v) is 9.62. The Morgan fingerprint density at radius 3 is 2.52 bits per heavy atom. The van der Waals surface area contributed by atoms with E-state index in [0.717, 1.165) is 38.8 Å². The lowest BCUT2D eigenvalue weighted by atomic mass is 9.89. The maximum absolute atomic E-state index is 12.7. The van der Waals surface area contributed by atoms with Crippen molar-refractivity contribution >= 4 is 10.2 Å². The minimum atomic E-state index is -3.41. The van der Waals surface area contributed by atoms with Crippen LogP contribution in [-0.2, 0) is 10.2 Å². The van der Waals surface area contributed by atoms with Gasteiger partial charge < -0.3 is 5.32 Å². The molecule has 0 spiro atoms. The van der Waals surface area contributed by atoms with Crippen LogP contribution >= 0.6 is 0 Å². The Morgan fingerprint density at radius 2 is 1.95 bits per heavy atom. The molecular weight excluding hydrogens is 286 g/mol. The van der Waals surface area contributed by atoms with Gasteiger partial charge in [-0.1, -0.05) is 34.1 Å². The van der Waals surface area contributed by atoms with E-state index in [2.05, 4.69) is 37.7 Å². The summed E-state index contributed by atoms with van der Waals surface area (Å²) in [5.41, 5.74) is -0.0845. The van der Waals surface area contributed by atoms with Gasteiger partial charge in [0, 0.05) is 25.2 Å². The molecular formula is C15H33N3O2S. The molecule has 0 aromatic heterocycles. The van der Waals surface area contributed by atoms with E-state index in [-0.39, 0.29) is 17.5 Å². The summed E-state index contributed by atoms with van der Waals surface area (Å²) in [7, 11) is -3.41. The molecule has 0 radical (unpaired) electrons. The summed E-state index contributed by atoms with van der Waals surface area (Å²) in [6.07, 6.45) is 4.08. The van der Waals surface area contributed by atoms with E-state index in [9.17, 15) is 8.42 Å². The lowest BCUT2D eigenvalue weighted by Crippen LogP contribution is -2.55. The Kier molecular flexibility index (Phi) is 7.10. The largest absolute Gasteiger partial charge is 0.315 e. The van der Waals surface area contributed by atoms with Gasteiger partial charge in [0.1, 0.15) is 0 Å². The summed E-state index contributed by atoms with van der Waals surface area (Å²) in [6, 6.07) is -0.0105. The van der Waals surface area contributed by atoms with Gasteiger partial charge in [0.2, 0.25) is 0 Å². The highest BCUT2D eigenvalue weighted by Gasteiger charge is 2.34. The van der Waals surface area contributed by atoms with Crippen molar-refractivity contribution in [2.75, 3.05) is 19.6 Å². The molecule has 0 saturated carbocycles. The average Bonchev–Trinajstić information content (AvgIpc) is 2.38. The molecule has 6 heteroatoms. The topological polar surface area (TPSA) is 61.4 Å². The molecule has 1 heterocycles. The highest BCUT2D eigenvalue weighted by atomic mass is 32.2. The fraction of sp³-hybridized carbons (Fsp3) is 1.00. The van der Waals surface area contributed by atoms with Gasteiger partial charge in [0.05, 0.1) is 0 Å². The zero-order valence-corrected chi connectivity index (χ0v) is 15.1. The monoisotopic (exact) mass is 319 g/mol. The average molecular weight is 320 g/mol. The third-order valence-corrected chi connectivity index (χ3v) is 6.06. The van der Waals surface area contributed by atoms with Gasteiger partial charge in [-0.05, 0) is 38.1 Å². The first-order chi connectivity index (χ1) is 9.68. The molecule has 5 nitrogen and oxygen atoms in total.